The van der Waals surface area contributed by atoms with E-state index in [2.05, 4.69) is 16.6 Å². The highest BCUT2D eigenvalue weighted by Crippen LogP contribution is 2.21. The Kier molecular flexibility index (Phi) is 7.43. The van der Waals surface area contributed by atoms with Gasteiger partial charge in [0.25, 0.3) is 15.9 Å². The smallest absolute Gasteiger partial charge is 0.261 e. The quantitative estimate of drug-likeness (QED) is 0.432. The van der Waals surface area contributed by atoms with Gasteiger partial charge in [0.05, 0.1) is 23.4 Å². The number of anilines is 3. The fourth-order valence-electron chi connectivity index (χ4n) is 3.08. The van der Waals surface area contributed by atoms with E-state index in [1.165, 1.54) is 58.9 Å². The van der Waals surface area contributed by atoms with E-state index in [1.807, 2.05) is 6.92 Å². The van der Waals surface area contributed by atoms with Crippen molar-refractivity contribution < 1.29 is 21.6 Å². The van der Waals surface area contributed by atoms with E-state index in [0.29, 0.717) is 22.6 Å². The van der Waals surface area contributed by atoms with Crippen molar-refractivity contribution in [3.05, 3.63) is 96.6 Å². The summed E-state index contributed by atoms with van der Waals surface area (Å²) in [6.07, 6.45) is 2.57. The molecule has 3 aromatic rings. The molecule has 2 N–H and O–H groups in total. The Morgan fingerprint density at radius 3 is 1.97 bits per heavy atom. The lowest BCUT2D eigenvalue weighted by molar-refractivity contribution is 0.102. The van der Waals surface area contributed by atoms with Crippen molar-refractivity contribution in [2.24, 2.45) is 0 Å². The first-order valence-corrected chi connectivity index (χ1v) is 13.5. The summed E-state index contributed by atoms with van der Waals surface area (Å²) in [6, 6.07) is 18.8. The minimum absolute atomic E-state index is 0.0542. The average molecular weight is 500 g/mol. The van der Waals surface area contributed by atoms with Crippen LogP contribution in [0.15, 0.2) is 90.3 Å². The zero-order valence-corrected chi connectivity index (χ0v) is 20.4. The summed E-state index contributed by atoms with van der Waals surface area (Å²) < 4.78 is 52.8. The summed E-state index contributed by atoms with van der Waals surface area (Å²) in [6.45, 7) is 5.58. The number of rotatable bonds is 9. The first-order chi connectivity index (χ1) is 16.0. The molecule has 0 aromatic heterocycles. The monoisotopic (exact) mass is 499 g/mol. The molecule has 3 rings (SSSR count). The number of carbonyl (C=O) groups is 1. The van der Waals surface area contributed by atoms with Crippen molar-refractivity contribution >= 4 is 43.0 Å². The van der Waals surface area contributed by atoms with E-state index in [4.69, 9.17) is 0 Å². The summed E-state index contributed by atoms with van der Waals surface area (Å²) in [7, 11) is -7.27. The molecule has 0 saturated heterocycles. The second-order valence-corrected chi connectivity index (χ2v) is 11.2. The van der Waals surface area contributed by atoms with Crippen LogP contribution in [-0.4, -0.2) is 35.5 Å². The van der Waals surface area contributed by atoms with Crippen molar-refractivity contribution in [2.45, 2.75) is 11.8 Å². The predicted molar refractivity (Wildman–Crippen MR) is 135 cm³/mol. The molecule has 1 amide bonds. The lowest BCUT2D eigenvalue weighted by Gasteiger charge is -2.20. The van der Waals surface area contributed by atoms with Crippen LogP contribution < -0.4 is 14.3 Å². The minimum atomic E-state index is -3.78. The number of amides is 1. The number of nitrogens with one attached hydrogen (secondary N) is 2. The van der Waals surface area contributed by atoms with Gasteiger partial charge in [0.15, 0.2) is 0 Å². The number of carbonyl (C=O) groups excluding carboxylic acids is 1. The van der Waals surface area contributed by atoms with E-state index in [1.54, 1.807) is 24.3 Å². The van der Waals surface area contributed by atoms with Crippen molar-refractivity contribution in [3.8, 4) is 0 Å². The van der Waals surface area contributed by atoms with Gasteiger partial charge >= 0.3 is 0 Å². The SMILES string of the molecule is C=CCN(c1ccc(C(=O)Nc2ccc(S(=O)(=O)Nc3ccc(C)cc3)cc2)cc1)S(C)(=O)=O. The Morgan fingerprint density at radius 2 is 1.44 bits per heavy atom. The summed E-state index contributed by atoms with van der Waals surface area (Å²) in [5.41, 5.74) is 2.60. The molecule has 3 aromatic carbocycles. The fourth-order valence-corrected chi connectivity index (χ4v) is 5.02. The number of nitrogens with zero attached hydrogens (tertiary/aromatic N) is 1. The van der Waals surface area contributed by atoms with Crippen LogP contribution in [0.4, 0.5) is 17.1 Å². The molecule has 0 unspecified atom stereocenters. The second kappa shape index (κ2) is 10.1. The molecule has 0 aliphatic heterocycles. The van der Waals surface area contributed by atoms with Crippen molar-refractivity contribution in [3.63, 3.8) is 0 Å². The number of hydrogen-bond donors (Lipinski definition) is 2. The van der Waals surface area contributed by atoms with Crippen molar-refractivity contribution in [1.82, 2.24) is 0 Å². The maximum Gasteiger partial charge on any atom is 0.261 e. The minimum Gasteiger partial charge on any atom is -0.322 e. The third-order valence-corrected chi connectivity index (χ3v) is 7.40. The topological polar surface area (TPSA) is 113 Å². The molecule has 34 heavy (non-hydrogen) atoms. The van der Waals surface area contributed by atoms with E-state index in [0.717, 1.165) is 11.8 Å². The van der Waals surface area contributed by atoms with Crippen LogP contribution in [0, 0.1) is 6.92 Å². The number of aryl methyl sites for hydroxylation is 1. The molecule has 10 heteroatoms. The highest BCUT2D eigenvalue weighted by atomic mass is 32.2. The molecular formula is C24H25N3O5S2. The highest BCUT2D eigenvalue weighted by molar-refractivity contribution is 7.92. The van der Waals surface area contributed by atoms with Gasteiger partial charge in [0.1, 0.15) is 0 Å². The Labute approximate surface area is 200 Å². The molecule has 178 valence electrons. The number of sulfonamides is 2. The Hall–Kier alpha value is -3.63. The molecule has 0 aliphatic carbocycles. The summed E-state index contributed by atoms with van der Waals surface area (Å²) in [5.74, 6) is -0.422. The number of benzene rings is 3. The first kappa shape index (κ1) is 25.0. The molecular weight excluding hydrogens is 474 g/mol. The van der Waals surface area contributed by atoms with Crippen LogP contribution in [0.3, 0.4) is 0 Å². The van der Waals surface area contributed by atoms with Crippen molar-refractivity contribution in [2.75, 3.05) is 27.1 Å². The normalized spacial score (nSPS) is 11.5. The van der Waals surface area contributed by atoms with Gasteiger partial charge in [-0.1, -0.05) is 23.8 Å². The zero-order chi connectivity index (χ0) is 24.9. The molecule has 0 aliphatic rings. The number of hydrogen-bond acceptors (Lipinski definition) is 5. The first-order valence-electron chi connectivity index (χ1n) is 10.2. The Morgan fingerprint density at radius 1 is 0.882 bits per heavy atom. The van der Waals surface area contributed by atoms with Crippen LogP contribution in [0.2, 0.25) is 0 Å². The van der Waals surface area contributed by atoms with E-state index < -0.39 is 26.0 Å². The maximum atomic E-state index is 12.6. The third kappa shape index (κ3) is 6.24. The van der Waals surface area contributed by atoms with Crippen LogP contribution in [-0.2, 0) is 20.0 Å². The van der Waals surface area contributed by atoms with Gasteiger partial charge in [-0.3, -0.25) is 13.8 Å². The van der Waals surface area contributed by atoms with Gasteiger partial charge in [-0.15, -0.1) is 6.58 Å². The maximum absolute atomic E-state index is 12.6. The van der Waals surface area contributed by atoms with Gasteiger partial charge in [-0.2, -0.15) is 0 Å². The van der Waals surface area contributed by atoms with Crippen molar-refractivity contribution in [1.29, 1.82) is 0 Å². The molecule has 0 radical (unpaired) electrons. The van der Waals surface area contributed by atoms with Gasteiger partial charge in [-0.05, 0) is 67.6 Å². The van der Waals surface area contributed by atoms with E-state index in [-0.39, 0.29) is 11.4 Å². The van der Waals surface area contributed by atoms with Gasteiger partial charge in [0, 0.05) is 16.9 Å². The molecule has 8 nitrogen and oxygen atoms in total. The molecule has 0 atom stereocenters. The Bertz CT molecular complexity index is 1380. The van der Waals surface area contributed by atoms with E-state index >= 15 is 0 Å². The highest BCUT2D eigenvalue weighted by Gasteiger charge is 2.17. The van der Waals surface area contributed by atoms with Crippen LogP contribution in [0.5, 0.6) is 0 Å². The second-order valence-electron chi connectivity index (χ2n) is 7.58. The summed E-state index contributed by atoms with van der Waals surface area (Å²) in [5, 5.41) is 2.69. The lowest BCUT2D eigenvalue weighted by Crippen LogP contribution is -2.29. The largest absolute Gasteiger partial charge is 0.322 e. The standard InChI is InChI=1S/C24H25N3O5S2/c1-4-17-27(33(3,29)30)22-13-7-19(8-14-22)24(28)25-20-11-15-23(16-12-20)34(31,32)26-21-9-5-18(2)6-10-21/h4-16,26H,1,17H2,2-3H3,(H,25,28). The lowest BCUT2D eigenvalue weighted by atomic mass is 10.2. The summed E-state index contributed by atoms with van der Waals surface area (Å²) >= 11 is 0. The predicted octanol–water partition coefficient (Wildman–Crippen LogP) is 4.00. The van der Waals surface area contributed by atoms with Gasteiger partial charge in [0.2, 0.25) is 10.0 Å². The van der Waals surface area contributed by atoms with Crippen LogP contribution in [0.1, 0.15) is 15.9 Å². The average Bonchev–Trinajstić information content (AvgIpc) is 2.78. The molecule has 0 heterocycles. The van der Waals surface area contributed by atoms with Crippen LogP contribution >= 0.6 is 0 Å². The Balaban J connectivity index is 1.69. The molecule has 0 spiro atoms. The van der Waals surface area contributed by atoms with Crippen LogP contribution in [0.25, 0.3) is 0 Å². The zero-order valence-electron chi connectivity index (χ0n) is 18.7. The van der Waals surface area contributed by atoms with Gasteiger partial charge in [-0.25, -0.2) is 16.8 Å². The van der Waals surface area contributed by atoms with E-state index in [9.17, 15) is 21.6 Å². The fraction of sp³-hybridized carbons (Fsp3) is 0.125. The third-order valence-electron chi connectivity index (χ3n) is 4.84. The molecule has 0 fully saturated rings. The molecule has 0 bridgehead atoms. The van der Waals surface area contributed by atoms with Gasteiger partial charge < -0.3 is 5.32 Å². The molecule has 0 saturated carbocycles. The summed E-state index contributed by atoms with van der Waals surface area (Å²) in [4.78, 5) is 12.6.